The molecule has 240 valence electrons. The number of fused-ring (bicyclic) bond motifs is 1. The van der Waals surface area contributed by atoms with Crippen molar-refractivity contribution < 1.29 is 72.1 Å². The number of carbonyl (C=O) groups is 1. The summed E-state index contributed by atoms with van der Waals surface area (Å²) >= 11 is 0. The summed E-state index contributed by atoms with van der Waals surface area (Å²) < 4.78 is 47.5. The van der Waals surface area contributed by atoms with E-state index in [2.05, 4.69) is 19.5 Å². The normalized spacial score (nSPS) is 31.2. The monoisotopic (exact) mass is 662 g/mol. The molecule has 10 atom stereocenters. The van der Waals surface area contributed by atoms with Gasteiger partial charge in [0, 0.05) is 6.07 Å². The number of nitrogens with zero attached hydrogens (tertiary/aromatic N) is 5. The number of aromatic nitrogens is 5. The zero-order chi connectivity index (χ0) is 32.1. The number of imidazole rings is 1. The van der Waals surface area contributed by atoms with Crippen LogP contribution in [0.15, 0.2) is 37.2 Å². The van der Waals surface area contributed by atoms with Crippen molar-refractivity contribution in [1.82, 2.24) is 19.5 Å². The van der Waals surface area contributed by atoms with E-state index in [4.69, 9.17) is 25.5 Å². The van der Waals surface area contributed by atoms with Gasteiger partial charge in [-0.05, 0) is 6.07 Å². The minimum absolute atomic E-state index is 0.0191. The number of amides is 1. The maximum Gasteiger partial charge on any atom is 0.359 e. The molecule has 0 spiro atoms. The number of carbonyl (C=O) groups excluding carboxylic acids is 1. The Labute approximate surface area is 246 Å². The van der Waals surface area contributed by atoms with Crippen LogP contribution in [0.3, 0.4) is 0 Å². The van der Waals surface area contributed by atoms with E-state index in [0.29, 0.717) is 0 Å². The molecule has 23 heteroatoms. The van der Waals surface area contributed by atoms with Crippen molar-refractivity contribution in [1.29, 1.82) is 0 Å². The standard InChI is InChI=1S/C21H27N7O14P2/c22-16-10-18(25-6-24-16)28(7-26-10)20-13(31)11(29)9(40-20)5-39-43(34,35)21(42-44(36,37)38)15-12(30)14(32)19(41-15)27-3-1-2-8(4-27)17(23)33/h1-4,6-7,9,11-15,19-21,29-32H,5H2,(H6-,22,23,24,25,33,34,35,36,37,38)/p-1/t9-,11-,12+,13-,14-,15-,19+,20+,21?/m1/s1. The number of hydrogen-bond donors (Lipinski definition) is 7. The topological polar surface area (TPSA) is 335 Å². The Morgan fingerprint density at radius 3 is 2.52 bits per heavy atom. The van der Waals surface area contributed by atoms with Gasteiger partial charge in [0.1, 0.15) is 47.9 Å². The lowest BCUT2D eigenvalue weighted by atomic mass is 10.1. The molecule has 0 aliphatic carbocycles. The molecule has 21 nitrogen and oxygen atoms in total. The minimum atomic E-state index is -6.08. The van der Waals surface area contributed by atoms with Gasteiger partial charge in [-0.25, -0.2) is 15.0 Å². The number of anilines is 1. The first-order chi connectivity index (χ1) is 20.6. The van der Waals surface area contributed by atoms with E-state index >= 15 is 0 Å². The van der Waals surface area contributed by atoms with Gasteiger partial charge in [-0.15, -0.1) is 0 Å². The predicted molar refractivity (Wildman–Crippen MR) is 135 cm³/mol. The van der Waals surface area contributed by atoms with Crippen molar-refractivity contribution in [2.24, 2.45) is 5.73 Å². The number of rotatable bonds is 10. The second-order valence-electron chi connectivity index (χ2n) is 9.81. The molecule has 44 heavy (non-hydrogen) atoms. The van der Waals surface area contributed by atoms with Crippen LogP contribution >= 0.6 is 15.4 Å². The van der Waals surface area contributed by atoms with Gasteiger partial charge in [-0.3, -0.25) is 13.9 Å². The van der Waals surface area contributed by atoms with Crippen LogP contribution in [0, 0.1) is 0 Å². The number of aliphatic hydroxyl groups is 4. The number of aliphatic hydroxyl groups excluding tert-OH is 4. The highest BCUT2D eigenvalue weighted by atomic mass is 31.2. The summed E-state index contributed by atoms with van der Waals surface area (Å²) in [6.45, 7) is -0.988. The van der Waals surface area contributed by atoms with Gasteiger partial charge >= 0.3 is 7.60 Å². The fraction of sp³-hybridized carbons (Fsp3) is 0.476. The van der Waals surface area contributed by atoms with Gasteiger partial charge in [-0.1, -0.05) is 0 Å². The Hall–Kier alpha value is -3.01. The molecule has 1 amide bonds. The van der Waals surface area contributed by atoms with E-state index in [-0.39, 0.29) is 22.5 Å². The van der Waals surface area contributed by atoms with Crippen LogP contribution in [0.25, 0.3) is 11.2 Å². The first-order valence-corrected chi connectivity index (χ1v) is 15.6. The van der Waals surface area contributed by atoms with Crippen LogP contribution in [-0.2, 0) is 27.7 Å². The SMILES string of the molecule is NC(=O)c1ccc[n+]([C@H]2O[C@@H](C(OP(=O)([O-])[O-])P(=O)(O)OC[C@H]3O[C@H](n4cnc5c(N)ncnc54)[C@H](O)[C@@H]3O)[C@@H](O)[C@H]2O)c1. The number of phosphoric acid groups is 1. The third-order valence-corrected chi connectivity index (χ3v) is 9.15. The lowest BCUT2D eigenvalue weighted by Gasteiger charge is -2.37. The smallest absolute Gasteiger partial charge is 0.359 e. The van der Waals surface area contributed by atoms with Crippen LogP contribution in [0.1, 0.15) is 22.8 Å². The number of primary amides is 1. The molecule has 3 aromatic rings. The molecular formula is C21H26N7O14P2-. The van der Waals surface area contributed by atoms with Crippen molar-refractivity contribution in [3.05, 3.63) is 42.7 Å². The molecule has 0 aromatic carbocycles. The van der Waals surface area contributed by atoms with Gasteiger partial charge in [0.05, 0.1) is 20.8 Å². The van der Waals surface area contributed by atoms with Gasteiger partial charge in [0.15, 0.2) is 42.0 Å². The van der Waals surface area contributed by atoms with Crippen molar-refractivity contribution in [3.63, 3.8) is 0 Å². The molecule has 9 N–H and O–H groups in total. The molecule has 0 radical (unpaired) electrons. The number of nitrogen functional groups attached to an aromatic ring is 1. The third-order valence-electron chi connectivity index (χ3n) is 6.94. The van der Waals surface area contributed by atoms with Gasteiger partial charge < -0.3 is 69.7 Å². The van der Waals surface area contributed by atoms with E-state index in [9.17, 15) is 49.0 Å². The van der Waals surface area contributed by atoms with Crippen molar-refractivity contribution in [2.75, 3.05) is 12.3 Å². The summed E-state index contributed by atoms with van der Waals surface area (Å²) in [6, 6.07) is 2.65. The molecule has 5 heterocycles. The van der Waals surface area contributed by atoms with Crippen LogP contribution in [0.2, 0.25) is 0 Å². The lowest BCUT2D eigenvalue weighted by molar-refractivity contribution is -0.766. The second-order valence-corrected chi connectivity index (χ2v) is 12.8. The fourth-order valence-corrected chi connectivity index (χ4v) is 7.14. The summed E-state index contributed by atoms with van der Waals surface area (Å²) in [4.78, 5) is 57.2. The Morgan fingerprint density at radius 1 is 1.11 bits per heavy atom. The number of phosphoric ester groups is 1. The molecular weight excluding hydrogens is 636 g/mol. The van der Waals surface area contributed by atoms with Crippen LogP contribution in [0.5, 0.6) is 0 Å². The van der Waals surface area contributed by atoms with E-state index in [0.717, 1.165) is 17.1 Å². The van der Waals surface area contributed by atoms with Crippen LogP contribution in [-0.4, -0.2) is 99.8 Å². The number of hydrogen-bond acceptors (Lipinski definition) is 17. The first kappa shape index (κ1) is 32.4. The predicted octanol–water partition coefficient (Wildman–Crippen LogP) is -4.89. The average Bonchev–Trinajstić information content (AvgIpc) is 3.60. The minimum Gasteiger partial charge on any atom is -0.790 e. The van der Waals surface area contributed by atoms with Gasteiger partial charge in [-0.2, -0.15) is 4.57 Å². The Balaban J connectivity index is 1.35. The summed E-state index contributed by atoms with van der Waals surface area (Å²) in [5.74, 6) is -3.57. The zero-order valence-electron chi connectivity index (χ0n) is 22.1. The summed E-state index contributed by atoms with van der Waals surface area (Å²) in [6.07, 6.45) is -9.36. The van der Waals surface area contributed by atoms with Gasteiger partial charge in [0.25, 0.3) is 12.1 Å². The Bertz CT molecular complexity index is 1640. The van der Waals surface area contributed by atoms with Crippen molar-refractivity contribution in [2.45, 2.75) is 54.9 Å². The maximum atomic E-state index is 13.3. The lowest BCUT2D eigenvalue weighted by Crippen LogP contribution is -2.46. The van der Waals surface area contributed by atoms with E-state index in [1.165, 1.54) is 29.2 Å². The Morgan fingerprint density at radius 2 is 1.84 bits per heavy atom. The maximum absolute atomic E-state index is 13.3. The number of pyridine rings is 1. The molecule has 2 aliphatic heterocycles. The highest BCUT2D eigenvalue weighted by Crippen LogP contribution is 2.56. The second kappa shape index (κ2) is 12.1. The van der Waals surface area contributed by atoms with Crippen molar-refractivity contribution in [3.8, 4) is 0 Å². The number of ether oxygens (including phenoxy) is 2. The quantitative estimate of drug-likeness (QED) is 0.0790. The van der Waals surface area contributed by atoms with Crippen molar-refractivity contribution >= 4 is 38.3 Å². The molecule has 5 rings (SSSR count). The van der Waals surface area contributed by atoms with Crippen LogP contribution < -0.4 is 25.8 Å². The molecule has 2 aliphatic rings. The average molecular weight is 662 g/mol. The third kappa shape index (κ3) is 6.24. The van der Waals surface area contributed by atoms with E-state index in [1.807, 2.05) is 0 Å². The molecule has 2 fully saturated rings. The molecule has 0 bridgehead atoms. The summed E-state index contributed by atoms with van der Waals surface area (Å²) in [7, 11) is -11.6. The van der Waals surface area contributed by atoms with E-state index in [1.54, 1.807) is 0 Å². The molecule has 0 saturated carbocycles. The fourth-order valence-electron chi connectivity index (χ4n) is 4.81. The highest BCUT2D eigenvalue weighted by molar-refractivity contribution is 7.54. The van der Waals surface area contributed by atoms with Crippen LogP contribution in [0.4, 0.5) is 5.82 Å². The van der Waals surface area contributed by atoms with Gasteiger partial charge in [0.2, 0.25) is 0 Å². The first-order valence-electron chi connectivity index (χ1n) is 12.5. The highest BCUT2D eigenvalue weighted by Gasteiger charge is 2.57. The molecule has 2 unspecified atom stereocenters. The Kier molecular flexibility index (Phi) is 8.88. The summed E-state index contributed by atoms with van der Waals surface area (Å²) in [5, 5.41) is 42.4. The largest absolute Gasteiger partial charge is 0.790 e. The molecule has 3 aromatic heterocycles. The molecule has 2 saturated heterocycles. The zero-order valence-corrected chi connectivity index (χ0v) is 23.9. The van der Waals surface area contributed by atoms with E-state index < -0.39 is 82.9 Å². The summed E-state index contributed by atoms with van der Waals surface area (Å²) in [5.41, 5.74) is 11.2. The number of nitrogens with two attached hydrogens (primary N) is 2.